The van der Waals surface area contributed by atoms with Gasteiger partial charge < -0.3 is 9.47 Å². The molecule has 190 valence electrons. The van der Waals surface area contributed by atoms with E-state index in [0.717, 1.165) is 15.4 Å². The molecule has 0 N–H and O–H groups in total. The fraction of sp³-hybridized carbons (Fsp3) is 0.107. The maximum atomic E-state index is 13.5. The minimum absolute atomic E-state index is 0.0764. The molecule has 0 spiro atoms. The molecule has 1 amide bonds. The minimum Gasteiger partial charge on any atom is -0.494 e. The zero-order valence-corrected chi connectivity index (χ0v) is 23.0. The molecule has 0 fully saturated rings. The monoisotopic (exact) mass is 599 g/mol. The fourth-order valence-electron chi connectivity index (χ4n) is 3.60. The van der Waals surface area contributed by atoms with Crippen LogP contribution in [0.5, 0.6) is 11.5 Å². The molecule has 0 saturated carbocycles. The van der Waals surface area contributed by atoms with Gasteiger partial charge in [0.1, 0.15) is 11.5 Å². The number of amides is 1. The van der Waals surface area contributed by atoms with Crippen molar-refractivity contribution < 1.29 is 22.7 Å². The number of rotatable bonds is 9. The van der Waals surface area contributed by atoms with Crippen LogP contribution in [0.4, 0.5) is 5.69 Å². The van der Waals surface area contributed by atoms with E-state index in [-0.39, 0.29) is 10.6 Å². The lowest BCUT2D eigenvalue weighted by atomic mass is 10.1. The lowest BCUT2D eigenvalue weighted by Crippen LogP contribution is -2.40. The first-order valence-electron chi connectivity index (χ1n) is 11.3. The predicted molar refractivity (Wildman–Crippen MR) is 149 cm³/mol. The number of hydrogen-bond acceptors (Lipinski definition) is 5. The molecule has 4 aromatic rings. The molecular formula is C28H23BrClNO5S. The van der Waals surface area contributed by atoms with Crippen molar-refractivity contribution in [2.45, 2.75) is 11.8 Å². The van der Waals surface area contributed by atoms with E-state index in [1.54, 1.807) is 18.2 Å². The van der Waals surface area contributed by atoms with Crippen molar-refractivity contribution in [3.8, 4) is 22.6 Å². The Bertz CT molecular complexity index is 1480. The summed E-state index contributed by atoms with van der Waals surface area (Å²) >= 11 is 9.42. The Labute approximate surface area is 229 Å². The van der Waals surface area contributed by atoms with Crippen LogP contribution in [0.3, 0.4) is 0 Å². The maximum absolute atomic E-state index is 13.5. The van der Waals surface area contributed by atoms with Gasteiger partial charge in [-0.05, 0) is 94.6 Å². The van der Waals surface area contributed by atoms with E-state index in [9.17, 15) is 13.2 Å². The van der Waals surface area contributed by atoms with E-state index >= 15 is 0 Å². The molecule has 0 radical (unpaired) electrons. The standard InChI is InChI=1S/C28H23BrClNO5S/c1-2-35-24-13-11-23(12-14-24)31(37(33,34)25-15-9-22(30)10-16-25)28(32)19-36-27-17-8-21(18-26(27)29)20-6-4-3-5-7-20/h3-18H,2,19H2,1H3. The summed E-state index contributed by atoms with van der Waals surface area (Å²) in [5, 5.41) is 0.380. The summed E-state index contributed by atoms with van der Waals surface area (Å²) < 4.78 is 39.7. The number of hydrogen-bond donors (Lipinski definition) is 0. The van der Waals surface area contributed by atoms with Crippen LogP contribution < -0.4 is 13.8 Å². The van der Waals surface area contributed by atoms with Crippen LogP contribution in [0.25, 0.3) is 11.1 Å². The first kappa shape index (κ1) is 26.7. The van der Waals surface area contributed by atoms with E-state index in [0.29, 0.717) is 27.6 Å². The van der Waals surface area contributed by atoms with Crippen LogP contribution in [0, 0.1) is 0 Å². The van der Waals surface area contributed by atoms with Crippen LogP contribution in [-0.4, -0.2) is 27.5 Å². The molecular weight excluding hydrogens is 578 g/mol. The van der Waals surface area contributed by atoms with Gasteiger partial charge in [0.25, 0.3) is 15.9 Å². The summed E-state index contributed by atoms with van der Waals surface area (Å²) in [6.45, 7) is 1.79. The molecule has 4 rings (SSSR count). The summed E-state index contributed by atoms with van der Waals surface area (Å²) in [6.07, 6.45) is 0. The van der Waals surface area contributed by atoms with E-state index in [1.165, 1.54) is 36.4 Å². The van der Waals surface area contributed by atoms with E-state index < -0.39 is 22.5 Å². The zero-order chi connectivity index (χ0) is 26.4. The first-order chi connectivity index (χ1) is 17.8. The number of carbonyl (C=O) groups is 1. The van der Waals surface area contributed by atoms with Gasteiger partial charge in [-0.2, -0.15) is 4.31 Å². The SMILES string of the molecule is CCOc1ccc(N(C(=O)COc2ccc(-c3ccccc3)cc2Br)S(=O)(=O)c2ccc(Cl)cc2)cc1. The van der Waals surface area contributed by atoms with E-state index in [2.05, 4.69) is 15.9 Å². The third kappa shape index (κ3) is 6.33. The highest BCUT2D eigenvalue weighted by atomic mass is 79.9. The highest BCUT2D eigenvalue weighted by Gasteiger charge is 2.31. The second-order valence-corrected chi connectivity index (χ2v) is 10.9. The Morgan fingerprint density at radius 2 is 1.54 bits per heavy atom. The molecule has 4 aromatic carbocycles. The maximum Gasteiger partial charge on any atom is 0.278 e. The van der Waals surface area contributed by atoms with Crippen molar-refractivity contribution in [1.29, 1.82) is 0 Å². The van der Waals surface area contributed by atoms with E-state index in [1.807, 2.05) is 49.4 Å². The second-order valence-electron chi connectivity index (χ2n) is 7.84. The quantitative estimate of drug-likeness (QED) is 0.207. The molecule has 0 aliphatic heterocycles. The van der Waals surface area contributed by atoms with E-state index in [4.69, 9.17) is 21.1 Å². The number of nitrogens with zero attached hydrogens (tertiary/aromatic N) is 1. The molecule has 0 saturated heterocycles. The summed E-state index contributed by atoms with van der Waals surface area (Å²) in [5.41, 5.74) is 2.15. The molecule has 0 heterocycles. The fourth-order valence-corrected chi connectivity index (χ4v) is 5.63. The van der Waals surface area contributed by atoms with Gasteiger partial charge in [0.2, 0.25) is 0 Å². The first-order valence-corrected chi connectivity index (χ1v) is 13.9. The summed E-state index contributed by atoms with van der Waals surface area (Å²) in [6, 6.07) is 27.2. The van der Waals surface area contributed by atoms with Crippen molar-refractivity contribution in [1.82, 2.24) is 0 Å². The van der Waals surface area contributed by atoms with Gasteiger partial charge in [0, 0.05) is 5.02 Å². The van der Waals surface area contributed by atoms with Gasteiger partial charge in [-0.1, -0.05) is 48.0 Å². The predicted octanol–water partition coefficient (Wildman–Crippen LogP) is 6.97. The Morgan fingerprint density at radius 3 is 2.16 bits per heavy atom. The van der Waals surface area contributed by atoms with Gasteiger partial charge >= 0.3 is 0 Å². The number of benzene rings is 4. The average molecular weight is 601 g/mol. The zero-order valence-electron chi connectivity index (χ0n) is 19.8. The normalized spacial score (nSPS) is 11.1. The summed E-state index contributed by atoms with van der Waals surface area (Å²) in [7, 11) is -4.26. The lowest BCUT2D eigenvalue weighted by molar-refractivity contribution is -0.119. The molecule has 0 aliphatic rings. The molecule has 6 nitrogen and oxygen atoms in total. The summed E-state index contributed by atoms with van der Waals surface area (Å²) in [4.78, 5) is 13.3. The van der Waals surface area contributed by atoms with Crippen LogP contribution in [0.1, 0.15) is 6.92 Å². The Kier molecular flexibility index (Phi) is 8.53. The van der Waals surface area contributed by atoms with Crippen LogP contribution in [0.2, 0.25) is 5.02 Å². The van der Waals surface area contributed by atoms with Gasteiger partial charge in [0.15, 0.2) is 6.61 Å². The van der Waals surface area contributed by atoms with Gasteiger partial charge in [-0.3, -0.25) is 4.79 Å². The Balaban J connectivity index is 1.61. The van der Waals surface area contributed by atoms with Crippen molar-refractivity contribution in [3.05, 3.63) is 107 Å². The van der Waals surface area contributed by atoms with Crippen LogP contribution >= 0.6 is 27.5 Å². The lowest BCUT2D eigenvalue weighted by Gasteiger charge is -2.23. The van der Waals surface area contributed by atoms with Crippen LogP contribution in [-0.2, 0) is 14.8 Å². The van der Waals surface area contributed by atoms with Crippen molar-refractivity contribution in [2.75, 3.05) is 17.5 Å². The van der Waals surface area contributed by atoms with Crippen molar-refractivity contribution >= 4 is 49.1 Å². The molecule has 0 aromatic heterocycles. The number of ether oxygens (including phenoxy) is 2. The van der Waals surface area contributed by atoms with Gasteiger partial charge in [-0.15, -0.1) is 0 Å². The topological polar surface area (TPSA) is 72.9 Å². The summed E-state index contributed by atoms with van der Waals surface area (Å²) in [5.74, 6) is 0.197. The molecule has 37 heavy (non-hydrogen) atoms. The average Bonchev–Trinajstić information content (AvgIpc) is 2.90. The molecule has 9 heteroatoms. The third-order valence-electron chi connectivity index (χ3n) is 5.35. The smallest absolute Gasteiger partial charge is 0.278 e. The number of anilines is 1. The minimum atomic E-state index is -4.26. The van der Waals surface area contributed by atoms with Gasteiger partial charge in [-0.25, -0.2) is 8.42 Å². The van der Waals surface area contributed by atoms with Crippen molar-refractivity contribution in [2.24, 2.45) is 0 Å². The van der Waals surface area contributed by atoms with Crippen LogP contribution in [0.15, 0.2) is 106 Å². The number of carbonyl (C=O) groups excluding carboxylic acids is 1. The number of halogens is 2. The largest absolute Gasteiger partial charge is 0.494 e. The molecule has 0 bridgehead atoms. The Morgan fingerprint density at radius 1 is 0.865 bits per heavy atom. The molecule has 0 unspecified atom stereocenters. The molecule has 0 atom stereocenters. The second kappa shape index (κ2) is 11.8. The number of sulfonamides is 1. The highest BCUT2D eigenvalue weighted by molar-refractivity contribution is 9.10. The molecule has 0 aliphatic carbocycles. The van der Waals surface area contributed by atoms with Gasteiger partial charge in [0.05, 0.1) is 21.7 Å². The third-order valence-corrected chi connectivity index (χ3v) is 7.99. The highest BCUT2D eigenvalue weighted by Crippen LogP contribution is 2.32. The van der Waals surface area contributed by atoms with Crippen molar-refractivity contribution in [3.63, 3.8) is 0 Å². The Hall–Kier alpha value is -3.33.